The maximum Gasteiger partial charge on any atom is 0.130 e. The van der Waals surface area contributed by atoms with Crippen molar-refractivity contribution >= 4 is 0 Å². The molecule has 0 atom stereocenters. The van der Waals surface area contributed by atoms with Gasteiger partial charge in [-0.25, -0.2) is 8.78 Å². The average Bonchev–Trinajstić information content (AvgIpc) is 2.30. The van der Waals surface area contributed by atoms with Crippen molar-refractivity contribution in [1.29, 1.82) is 0 Å². The van der Waals surface area contributed by atoms with Crippen LogP contribution in [0.3, 0.4) is 0 Å². The topological polar surface area (TPSA) is 9.23 Å². The summed E-state index contributed by atoms with van der Waals surface area (Å²) < 4.78 is 31.5. The Bertz CT molecular complexity index is 506. The summed E-state index contributed by atoms with van der Waals surface area (Å²) >= 11 is 0. The molecule has 2 aromatic rings. The second-order valence-corrected chi connectivity index (χ2v) is 3.84. The van der Waals surface area contributed by atoms with Gasteiger partial charge in [0.15, 0.2) is 0 Å². The minimum Gasteiger partial charge on any atom is -0.489 e. The summed E-state index contributed by atoms with van der Waals surface area (Å²) in [6.45, 7) is 1.96. The second kappa shape index (κ2) is 4.95. The molecule has 0 heterocycles. The van der Waals surface area contributed by atoms with Gasteiger partial charge in [0.05, 0.1) is 0 Å². The van der Waals surface area contributed by atoms with Crippen LogP contribution < -0.4 is 4.74 Å². The first-order valence-corrected chi connectivity index (χ1v) is 5.28. The molecule has 0 spiro atoms. The number of aryl methyl sites for hydroxylation is 1. The third-order valence-electron chi connectivity index (χ3n) is 2.42. The molecule has 0 aliphatic carbocycles. The summed E-state index contributed by atoms with van der Waals surface area (Å²) in [6, 6.07) is 10.6. The second-order valence-electron chi connectivity index (χ2n) is 3.84. The van der Waals surface area contributed by atoms with Crippen LogP contribution in [0.4, 0.5) is 8.78 Å². The SMILES string of the molecule is Cc1ccc(COc2ccc(F)cc2)c(F)c1. The first-order chi connectivity index (χ1) is 8.15. The van der Waals surface area contributed by atoms with Gasteiger partial charge in [-0.2, -0.15) is 0 Å². The lowest BCUT2D eigenvalue weighted by Crippen LogP contribution is -1.98. The molecule has 1 nitrogen and oxygen atoms in total. The lowest BCUT2D eigenvalue weighted by atomic mass is 10.1. The van der Waals surface area contributed by atoms with E-state index in [1.165, 1.54) is 30.3 Å². The van der Waals surface area contributed by atoms with E-state index in [4.69, 9.17) is 4.74 Å². The lowest BCUT2D eigenvalue weighted by molar-refractivity contribution is 0.299. The number of rotatable bonds is 3. The van der Waals surface area contributed by atoms with Crippen LogP contribution >= 0.6 is 0 Å². The lowest BCUT2D eigenvalue weighted by Gasteiger charge is -2.07. The van der Waals surface area contributed by atoms with Crippen LogP contribution in [0, 0.1) is 18.6 Å². The molecule has 88 valence electrons. The van der Waals surface area contributed by atoms with Crippen LogP contribution in [0.15, 0.2) is 42.5 Å². The molecule has 17 heavy (non-hydrogen) atoms. The number of benzene rings is 2. The Morgan fingerprint density at radius 3 is 2.35 bits per heavy atom. The van der Waals surface area contributed by atoms with Crippen LogP contribution in [0.25, 0.3) is 0 Å². The fourth-order valence-corrected chi connectivity index (χ4v) is 1.46. The van der Waals surface area contributed by atoms with E-state index in [0.29, 0.717) is 11.3 Å². The molecular formula is C14H12F2O. The normalized spacial score (nSPS) is 10.3. The molecule has 0 unspecified atom stereocenters. The maximum atomic E-state index is 13.5. The van der Waals surface area contributed by atoms with Crippen LogP contribution in [0.1, 0.15) is 11.1 Å². The van der Waals surface area contributed by atoms with Gasteiger partial charge in [-0.3, -0.25) is 0 Å². The first kappa shape index (κ1) is 11.6. The van der Waals surface area contributed by atoms with Crippen molar-refractivity contribution in [2.75, 3.05) is 0 Å². The zero-order valence-electron chi connectivity index (χ0n) is 9.41. The molecule has 0 amide bonds. The number of hydrogen-bond donors (Lipinski definition) is 0. The highest BCUT2D eigenvalue weighted by Crippen LogP contribution is 2.15. The molecule has 0 aliphatic rings. The molecule has 0 fully saturated rings. The van der Waals surface area contributed by atoms with E-state index < -0.39 is 0 Å². The summed E-state index contributed by atoms with van der Waals surface area (Å²) in [6.07, 6.45) is 0. The highest BCUT2D eigenvalue weighted by Gasteiger charge is 2.03. The van der Waals surface area contributed by atoms with Gasteiger partial charge in [0.25, 0.3) is 0 Å². The Hall–Kier alpha value is -1.90. The highest BCUT2D eigenvalue weighted by molar-refractivity contribution is 5.25. The molecule has 2 rings (SSSR count). The van der Waals surface area contributed by atoms with E-state index in [2.05, 4.69) is 0 Å². The summed E-state index contributed by atoms with van der Waals surface area (Å²) in [7, 11) is 0. The maximum absolute atomic E-state index is 13.5. The van der Waals surface area contributed by atoms with Gasteiger partial charge in [0, 0.05) is 5.56 Å². The van der Waals surface area contributed by atoms with E-state index >= 15 is 0 Å². The van der Waals surface area contributed by atoms with Crippen molar-refractivity contribution in [3.05, 3.63) is 65.2 Å². The van der Waals surface area contributed by atoms with Gasteiger partial charge < -0.3 is 4.74 Å². The van der Waals surface area contributed by atoms with Gasteiger partial charge in [0.2, 0.25) is 0 Å². The van der Waals surface area contributed by atoms with Crippen molar-refractivity contribution in [2.45, 2.75) is 13.5 Å². The summed E-state index contributed by atoms with van der Waals surface area (Å²) in [5, 5.41) is 0. The Morgan fingerprint density at radius 1 is 1.00 bits per heavy atom. The fourth-order valence-electron chi connectivity index (χ4n) is 1.46. The first-order valence-electron chi connectivity index (χ1n) is 5.28. The number of hydrogen-bond acceptors (Lipinski definition) is 1. The van der Waals surface area contributed by atoms with Crippen molar-refractivity contribution in [1.82, 2.24) is 0 Å². The van der Waals surface area contributed by atoms with Crippen molar-refractivity contribution in [3.63, 3.8) is 0 Å². The predicted molar refractivity (Wildman–Crippen MR) is 61.9 cm³/mol. The van der Waals surface area contributed by atoms with Gasteiger partial charge in [-0.1, -0.05) is 12.1 Å². The minimum atomic E-state index is -0.320. The summed E-state index contributed by atoms with van der Waals surface area (Å²) in [5.74, 6) is -0.0858. The molecule has 0 bridgehead atoms. The average molecular weight is 234 g/mol. The molecule has 0 aromatic heterocycles. The van der Waals surface area contributed by atoms with E-state index in [1.54, 1.807) is 6.07 Å². The van der Waals surface area contributed by atoms with E-state index in [0.717, 1.165) is 5.56 Å². The summed E-state index contributed by atoms with van der Waals surface area (Å²) in [4.78, 5) is 0. The largest absolute Gasteiger partial charge is 0.489 e. The van der Waals surface area contributed by atoms with Crippen LogP contribution in [-0.4, -0.2) is 0 Å². The van der Waals surface area contributed by atoms with E-state index in [1.807, 2.05) is 13.0 Å². The molecule has 3 heteroatoms. The van der Waals surface area contributed by atoms with Crippen LogP contribution in [-0.2, 0) is 6.61 Å². The minimum absolute atomic E-state index is 0.137. The molecule has 0 saturated carbocycles. The predicted octanol–water partition coefficient (Wildman–Crippen LogP) is 3.85. The molecule has 2 aromatic carbocycles. The molecular weight excluding hydrogens is 222 g/mol. The van der Waals surface area contributed by atoms with Gasteiger partial charge in [-0.05, 0) is 42.8 Å². The third kappa shape index (κ3) is 3.03. The van der Waals surface area contributed by atoms with Gasteiger partial charge in [0.1, 0.15) is 24.0 Å². The van der Waals surface area contributed by atoms with Crippen LogP contribution in [0.2, 0.25) is 0 Å². The Kier molecular flexibility index (Phi) is 3.38. The summed E-state index contributed by atoms with van der Waals surface area (Å²) in [5.41, 5.74) is 1.35. The zero-order chi connectivity index (χ0) is 12.3. The Labute approximate surface area is 98.7 Å². The van der Waals surface area contributed by atoms with Crippen LogP contribution in [0.5, 0.6) is 5.75 Å². The smallest absolute Gasteiger partial charge is 0.130 e. The fraction of sp³-hybridized carbons (Fsp3) is 0.143. The van der Waals surface area contributed by atoms with Gasteiger partial charge >= 0.3 is 0 Å². The van der Waals surface area contributed by atoms with Crippen molar-refractivity contribution < 1.29 is 13.5 Å². The number of halogens is 2. The third-order valence-corrected chi connectivity index (χ3v) is 2.42. The Morgan fingerprint density at radius 2 is 1.71 bits per heavy atom. The van der Waals surface area contributed by atoms with E-state index in [-0.39, 0.29) is 18.2 Å². The number of ether oxygens (including phenoxy) is 1. The Balaban J connectivity index is 2.04. The van der Waals surface area contributed by atoms with E-state index in [9.17, 15) is 8.78 Å². The quantitative estimate of drug-likeness (QED) is 0.783. The molecule has 0 N–H and O–H groups in total. The van der Waals surface area contributed by atoms with Gasteiger partial charge in [-0.15, -0.1) is 0 Å². The van der Waals surface area contributed by atoms with Crippen molar-refractivity contribution in [3.8, 4) is 5.75 Å². The monoisotopic (exact) mass is 234 g/mol. The molecule has 0 saturated heterocycles. The standard InChI is InChI=1S/C14H12F2O/c1-10-2-3-11(14(16)8-10)9-17-13-6-4-12(15)5-7-13/h2-8H,9H2,1H3. The molecule has 0 aliphatic heterocycles. The molecule has 0 radical (unpaired) electrons. The zero-order valence-corrected chi connectivity index (χ0v) is 9.41. The highest BCUT2D eigenvalue weighted by atomic mass is 19.1. The van der Waals surface area contributed by atoms with Crippen molar-refractivity contribution in [2.24, 2.45) is 0 Å².